The summed E-state index contributed by atoms with van der Waals surface area (Å²) < 4.78 is 0. The normalized spacial score (nSPS) is 16.1. The molecule has 1 heterocycles. The molecular formula is C26H41N7O5. The molecule has 1 aromatic carbocycles. The molecule has 0 bridgehead atoms. The van der Waals surface area contributed by atoms with Crippen LogP contribution in [0.5, 0.6) is 0 Å². The molecule has 1 aliphatic rings. The van der Waals surface area contributed by atoms with Crippen LogP contribution in [0.15, 0.2) is 42.6 Å². The molecule has 2 unspecified atom stereocenters. The Balaban J connectivity index is 1.98. The molecular weight excluding hydrogens is 490 g/mol. The van der Waals surface area contributed by atoms with E-state index >= 15 is 0 Å². The highest BCUT2D eigenvalue weighted by Crippen LogP contribution is 2.21. The lowest BCUT2D eigenvalue weighted by Crippen LogP contribution is -2.59. The van der Waals surface area contributed by atoms with E-state index in [1.807, 2.05) is 30.3 Å². The maximum absolute atomic E-state index is 13.2. The van der Waals surface area contributed by atoms with Gasteiger partial charge in [-0.2, -0.15) is 0 Å². The van der Waals surface area contributed by atoms with Crippen molar-refractivity contribution in [2.24, 2.45) is 17.2 Å². The number of aliphatic carboxylic acids is 1. The van der Waals surface area contributed by atoms with Crippen LogP contribution in [0.1, 0.15) is 37.7 Å². The molecule has 12 heteroatoms. The number of carbonyl (C=O) groups is 4. The summed E-state index contributed by atoms with van der Waals surface area (Å²) in [7, 11) is 0. The Morgan fingerprint density at radius 1 is 1.00 bits per heavy atom. The van der Waals surface area contributed by atoms with Crippen LogP contribution >= 0.6 is 0 Å². The minimum atomic E-state index is -1.35. The molecule has 10 N–H and O–H groups in total. The van der Waals surface area contributed by atoms with Gasteiger partial charge in [-0.1, -0.05) is 36.9 Å². The Labute approximate surface area is 223 Å². The van der Waals surface area contributed by atoms with Crippen LogP contribution in [0.25, 0.3) is 0 Å². The molecule has 0 spiro atoms. The summed E-state index contributed by atoms with van der Waals surface area (Å²) in [4.78, 5) is 50.9. The summed E-state index contributed by atoms with van der Waals surface area (Å²) in [5.74, 6) is -2.14. The fraction of sp³-hybridized carbons (Fsp3) is 0.538. The number of hydrogen-bond donors (Lipinski definition) is 7. The number of amides is 3. The molecule has 0 saturated carbocycles. The summed E-state index contributed by atoms with van der Waals surface area (Å²) in [5.41, 5.74) is 17.0. The highest BCUT2D eigenvalue weighted by Gasteiger charge is 2.40. The summed E-state index contributed by atoms with van der Waals surface area (Å²) >= 11 is 0. The van der Waals surface area contributed by atoms with E-state index in [-0.39, 0.29) is 50.8 Å². The Hall–Kier alpha value is -3.48. The number of unbranched alkanes of at least 4 members (excludes halogenated alkanes) is 1. The molecule has 1 saturated heterocycles. The number of carboxylic acids is 1. The van der Waals surface area contributed by atoms with Gasteiger partial charge in [0.15, 0.2) is 0 Å². The lowest BCUT2D eigenvalue weighted by Gasteiger charge is -2.37. The second-order valence-electron chi connectivity index (χ2n) is 9.58. The van der Waals surface area contributed by atoms with Crippen LogP contribution in [-0.4, -0.2) is 84.0 Å². The zero-order valence-corrected chi connectivity index (χ0v) is 21.8. The van der Waals surface area contributed by atoms with Gasteiger partial charge in [-0.25, -0.2) is 0 Å². The lowest BCUT2D eigenvalue weighted by molar-refractivity contribution is -0.148. The number of carbonyl (C=O) groups excluding carboxylic acids is 3. The first-order valence-corrected chi connectivity index (χ1v) is 12.9. The minimum absolute atomic E-state index is 0.135. The minimum Gasteiger partial charge on any atom is -0.480 e. The largest absolute Gasteiger partial charge is 0.480 e. The zero-order chi connectivity index (χ0) is 28.1. The first-order chi connectivity index (χ1) is 18.1. The number of nitrogens with zero attached hydrogens (tertiary/aromatic N) is 1. The standard InChI is InChI=1S/C26H41N7O5/c1-18(21(32-22(34)16-28)15-19-7-3-2-4-8-19)30-17-23(35)31-20(9-5-6-12-27)24(36)33-13-10-26(29,11-14-33)25(37)38/h2-4,7-8,20-21,30H,1,5-6,9-17,27-29H2,(H,31,35)(H,32,34)(H,37,38). The summed E-state index contributed by atoms with van der Waals surface area (Å²) in [6.45, 7) is 4.51. The van der Waals surface area contributed by atoms with Crippen molar-refractivity contribution in [1.82, 2.24) is 20.9 Å². The smallest absolute Gasteiger partial charge is 0.323 e. The van der Waals surface area contributed by atoms with E-state index < -0.39 is 29.5 Å². The third kappa shape index (κ3) is 9.43. The number of likely N-dealkylation sites (tertiary alicyclic amines) is 1. The van der Waals surface area contributed by atoms with Crippen molar-refractivity contribution in [1.29, 1.82) is 0 Å². The van der Waals surface area contributed by atoms with Gasteiger partial charge < -0.3 is 43.2 Å². The molecule has 12 nitrogen and oxygen atoms in total. The Kier molecular flexibility index (Phi) is 12.2. The van der Waals surface area contributed by atoms with Gasteiger partial charge >= 0.3 is 5.97 Å². The zero-order valence-electron chi connectivity index (χ0n) is 21.8. The molecule has 0 aliphatic carbocycles. The molecule has 2 rings (SSSR count). The first kappa shape index (κ1) is 30.7. The van der Waals surface area contributed by atoms with E-state index in [1.54, 1.807) is 4.90 Å². The van der Waals surface area contributed by atoms with E-state index in [9.17, 15) is 24.3 Å². The topological polar surface area (TPSA) is 206 Å². The summed E-state index contributed by atoms with van der Waals surface area (Å²) in [6, 6.07) is 8.23. The molecule has 2 atom stereocenters. The lowest BCUT2D eigenvalue weighted by atomic mass is 9.88. The van der Waals surface area contributed by atoms with E-state index in [4.69, 9.17) is 17.2 Å². The average molecular weight is 532 g/mol. The SMILES string of the molecule is C=C(NCC(=O)NC(CCCCN)C(=O)N1CCC(N)(C(=O)O)CC1)C(Cc1ccccc1)NC(=O)CN. The van der Waals surface area contributed by atoms with Crippen LogP contribution in [-0.2, 0) is 25.6 Å². The number of nitrogens with one attached hydrogen (secondary N) is 3. The van der Waals surface area contributed by atoms with Crippen molar-refractivity contribution in [2.75, 3.05) is 32.7 Å². The van der Waals surface area contributed by atoms with Crippen molar-refractivity contribution >= 4 is 23.7 Å². The molecule has 3 amide bonds. The number of rotatable bonds is 15. The quantitative estimate of drug-likeness (QED) is 0.135. The number of hydrogen-bond acceptors (Lipinski definition) is 8. The summed E-state index contributed by atoms with van der Waals surface area (Å²) in [6.07, 6.45) is 2.46. The number of carboxylic acid groups (broad SMARTS) is 1. The van der Waals surface area contributed by atoms with Gasteiger partial charge in [-0.05, 0) is 50.6 Å². The third-order valence-electron chi connectivity index (χ3n) is 6.67. The second kappa shape index (κ2) is 15.1. The van der Waals surface area contributed by atoms with Crippen LogP contribution in [0.2, 0.25) is 0 Å². The molecule has 210 valence electrons. The second-order valence-corrected chi connectivity index (χ2v) is 9.58. The van der Waals surface area contributed by atoms with Gasteiger partial charge in [-0.3, -0.25) is 19.2 Å². The Morgan fingerprint density at radius 3 is 2.21 bits per heavy atom. The van der Waals surface area contributed by atoms with Gasteiger partial charge in [0.05, 0.1) is 19.1 Å². The van der Waals surface area contributed by atoms with Gasteiger partial charge in [0.1, 0.15) is 11.6 Å². The molecule has 1 aliphatic heterocycles. The van der Waals surface area contributed by atoms with Gasteiger partial charge in [-0.15, -0.1) is 0 Å². The van der Waals surface area contributed by atoms with Crippen LogP contribution in [0, 0.1) is 0 Å². The fourth-order valence-corrected chi connectivity index (χ4v) is 4.24. The van der Waals surface area contributed by atoms with Gasteiger partial charge in [0, 0.05) is 18.8 Å². The fourth-order valence-electron chi connectivity index (χ4n) is 4.24. The molecule has 1 aromatic rings. The highest BCUT2D eigenvalue weighted by molar-refractivity contribution is 5.89. The Morgan fingerprint density at radius 2 is 1.63 bits per heavy atom. The van der Waals surface area contributed by atoms with Crippen LogP contribution in [0.4, 0.5) is 0 Å². The first-order valence-electron chi connectivity index (χ1n) is 12.9. The number of piperidine rings is 1. The maximum atomic E-state index is 13.2. The predicted octanol–water partition coefficient (Wildman–Crippen LogP) is -1.21. The van der Waals surface area contributed by atoms with Crippen molar-refractivity contribution in [3.05, 3.63) is 48.2 Å². The van der Waals surface area contributed by atoms with E-state index in [0.717, 1.165) is 5.56 Å². The third-order valence-corrected chi connectivity index (χ3v) is 6.67. The molecule has 0 aromatic heterocycles. The number of benzene rings is 1. The van der Waals surface area contributed by atoms with Crippen molar-refractivity contribution in [2.45, 2.75) is 56.1 Å². The average Bonchev–Trinajstić information content (AvgIpc) is 2.91. The number of nitrogens with two attached hydrogens (primary N) is 3. The van der Waals surface area contributed by atoms with Crippen LogP contribution in [0.3, 0.4) is 0 Å². The molecule has 38 heavy (non-hydrogen) atoms. The molecule has 1 fully saturated rings. The van der Waals surface area contributed by atoms with Gasteiger partial charge in [0.2, 0.25) is 17.7 Å². The van der Waals surface area contributed by atoms with Crippen molar-refractivity contribution in [3.8, 4) is 0 Å². The van der Waals surface area contributed by atoms with E-state index in [0.29, 0.717) is 37.9 Å². The van der Waals surface area contributed by atoms with Crippen molar-refractivity contribution in [3.63, 3.8) is 0 Å². The van der Waals surface area contributed by atoms with Crippen LogP contribution < -0.4 is 33.2 Å². The Bertz CT molecular complexity index is 964. The monoisotopic (exact) mass is 531 g/mol. The molecule has 0 radical (unpaired) electrons. The highest BCUT2D eigenvalue weighted by atomic mass is 16.4. The van der Waals surface area contributed by atoms with E-state index in [2.05, 4.69) is 22.5 Å². The van der Waals surface area contributed by atoms with E-state index in [1.165, 1.54) is 0 Å². The summed E-state index contributed by atoms with van der Waals surface area (Å²) in [5, 5.41) is 17.9. The predicted molar refractivity (Wildman–Crippen MR) is 143 cm³/mol. The van der Waals surface area contributed by atoms with Gasteiger partial charge in [0.25, 0.3) is 0 Å². The maximum Gasteiger partial charge on any atom is 0.323 e. The van der Waals surface area contributed by atoms with Crippen molar-refractivity contribution < 1.29 is 24.3 Å².